The number of para-hydroxylation sites is 1. The molecule has 1 fully saturated rings. The average molecular weight is 248 g/mol. The van der Waals surface area contributed by atoms with Gasteiger partial charge in [0.25, 0.3) is 5.91 Å². The van der Waals surface area contributed by atoms with E-state index in [1.807, 2.05) is 36.1 Å². The molecule has 4 nitrogen and oxygen atoms in total. The quantitative estimate of drug-likeness (QED) is 0.889. The molecule has 0 aliphatic carbocycles. The number of nitrogens with one attached hydrogen (secondary N) is 1. The fourth-order valence-corrected chi connectivity index (χ4v) is 2.13. The SMILES string of the molecule is CCNc1ccccc1C(=O)N1CCCOCC1. The van der Waals surface area contributed by atoms with E-state index in [-0.39, 0.29) is 5.91 Å². The van der Waals surface area contributed by atoms with E-state index in [0.717, 1.165) is 37.4 Å². The van der Waals surface area contributed by atoms with Crippen molar-refractivity contribution in [2.45, 2.75) is 13.3 Å². The van der Waals surface area contributed by atoms with Gasteiger partial charge in [0.05, 0.1) is 12.2 Å². The van der Waals surface area contributed by atoms with Crippen molar-refractivity contribution in [3.8, 4) is 0 Å². The molecule has 0 bridgehead atoms. The zero-order chi connectivity index (χ0) is 12.8. The van der Waals surface area contributed by atoms with E-state index in [4.69, 9.17) is 4.74 Å². The predicted molar refractivity (Wildman–Crippen MR) is 71.9 cm³/mol. The second-order valence-electron chi connectivity index (χ2n) is 4.33. The number of benzene rings is 1. The van der Waals surface area contributed by atoms with Crippen LogP contribution in [-0.4, -0.2) is 43.7 Å². The van der Waals surface area contributed by atoms with Gasteiger partial charge in [0, 0.05) is 31.9 Å². The third-order valence-electron chi connectivity index (χ3n) is 3.03. The number of hydrogen-bond acceptors (Lipinski definition) is 3. The molecule has 1 N–H and O–H groups in total. The van der Waals surface area contributed by atoms with Crippen molar-refractivity contribution >= 4 is 11.6 Å². The van der Waals surface area contributed by atoms with Gasteiger partial charge in [-0.25, -0.2) is 0 Å². The highest BCUT2D eigenvalue weighted by molar-refractivity contribution is 5.99. The van der Waals surface area contributed by atoms with Crippen molar-refractivity contribution in [1.82, 2.24) is 4.90 Å². The molecule has 0 saturated carbocycles. The van der Waals surface area contributed by atoms with Gasteiger partial charge in [0.1, 0.15) is 0 Å². The largest absolute Gasteiger partial charge is 0.385 e. The number of amides is 1. The molecule has 1 saturated heterocycles. The summed E-state index contributed by atoms with van der Waals surface area (Å²) in [7, 11) is 0. The van der Waals surface area contributed by atoms with Crippen LogP contribution in [0.2, 0.25) is 0 Å². The molecule has 98 valence electrons. The van der Waals surface area contributed by atoms with Gasteiger partial charge in [-0.05, 0) is 25.5 Å². The normalized spacial score (nSPS) is 16.2. The molecular weight excluding hydrogens is 228 g/mol. The van der Waals surface area contributed by atoms with Crippen LogP contribution in [0.1, 0.15) is 23.7 Å². The first kappa shape index (κ1) is 12.9. The first-order chi connectivity index (χ1) is 8.83. The number of rotatable bonds is 3. The van der Waals surface area contributed by atoms with Gasteiger partial charge in [-0.3, -0.25) is 4.79 Å². The van der Waals surface area contributed by atoms with Gasteiger partial charge in [-0.1, -0.05) is 12.1 Å². The predicted octanol–water partition coefficient (Wildman–Crippen LogP) is 1.98. The van der Waals surface area contributed by atoms with Crippen LogP contribution in [-0.2, 0) is 4.74 Å². The van der Waals surface area contributed by atoms with Crippen LogP contribution in [0.3, 0.4) is 0 Å². The Morgan fingerprint density at radius 3 is 3.00 bits per heavy atom. The van der Waals surface area contributed by atoms with Crippen LogP contribution in [0.15, 0.2) is 24.3 Å². The number of ether oxygens (including phenoxy) is 1. The van der Waals surface area contributed by atoms with Gasteiger partial charge in [0.15, 0.2) is 0 Å². The molecule has 4 heteroatoms. The summed E-state index contributed by atoms with van der Waals surface area (Å²) in [5.74, 6) is 0.0945. The van der Waals surface area contributed by atoms with Crippen LogP contribution in [0.25, 0.3) is 0 Å². The summed E-state index contributed by atoms with van der Waals surface area (Å²) in [5.41, 5.74) is 1.66. The minimum absolute atomic E-state index is 0.0945. The molecule has 1 heterocycles. The van der Waals surface area contributed by atoms with E-state index in [1.165, 1.54) is 0 Å². The molecule has 0 atom stereocenters. The lowest BCUT2D eigenvalue weighted by Crippen LogP contribution is -2.33. The highest BCUT2D eigenvalue weighted by Gasteiger charge is 2.19. The lowest BCUT2D eigenvalue weighted by Gasteiger charge is -2.21. The maximum atomic E-state index is 12.5. The summed E-state index contributed by atoms with van der Waals surface area (Å²) >= 11 is 0. The van der Waals surface area contributed by atoms with E-state index in [9.17, 15) is 4.79 Å². The van der Waals surface area contributed by atoms with Crippen LogP contribution in [0.5, 0.6) is 0 Å². The van der Waals surface area contributed by atoms with Crippen molar-refractivity contribution in [2.24, 2.45) is 0 Å². The molecular formula is C14H20N2O2. The summed E-state index contributed by atoms with van der Waals surface area (Å²) in [6.45, 7) is 5.68. The zero-order valence-electron chi connectivity index (χ0n) is 10.8. The number of nitrogens with zero attached hydrogens (tertiary/aromatic N) is 1. The molecule has 1 amide bonds. The summed E-state index contributed by atoms with van der Waals surface area (Å²) in [5, 5.41) is 3.23. The fourth-order valence-electron chi connectivity index (χ4n) is 2.13. The summed E-state index contributed by atoms with van der Waals surface area (Å²) < 4.78 is 5.38. The monoisotopic (exact) mass is 248 g/mol. The highest BCUT2D eigenvalue weighted by atomic mass is 16.5. The second kappa shape index (κ2) is 6.40. The Morgan fingerprint density at radius 1 is 1.33 bits per heavy atom. The van der Waals surface area contributed by atoms with Crippen molar-refractivity contribution < 1.29 is 9.53 Å². The lowest BCUT2D eigenvalue weighted by molar-refractivity contribution is 0.0742. The first-order valence-electron chi connectivity index (χ1n) is 6.53. The van der Waals surface area contributed by atoms with Crippen LogP contribution in [0, 0.1) is 0 Å². The third kappa shape index (κ3) is 3.01. The Balaban J connectivity index is 2.16. The number of carbonyl (C=O) groups is 1. The summed E-state index contributed by atoms with van der Waals surface area (Å²) in [6, 6.07) is 7.68. The van der Waals surface area contributed by atoms with Crippen molar-refractivity contribution in [2.75, 3.05) is 38.2 Å². The summed E-state index contributed by atoms with van der Waals surface area (Å²) in [4.78, 5) is 14.4. The maximum absolute atomic E-state index is 12.5. The number of anilines is 1. The highest BCUT2D eigenvalue weighted by Crippen LogP contribution is 2.17. The lowest BCUT2D eigenvalue weighted by atomic mass is 10.1. The topological polar surface area (TPSA) is 41.6 Å². The van der Waals surface area contributed by atoms with Gasteiger partial charge in [-0.2, -0.15) is 0 Å². The molecule has 0 unspecified atom stereocenters. The molecule has 1 aliphatic rings. The van der Waals surface area contributed by atoms with E-state index in [2.05, 4.69) is 5.32 Å². The third-order valence-corrected chi connectivity index (χ3v) is 3.03. The van der Waals surface area contributed by atoms with Gasteiger partial charge >= 0.3 is 0 Å². The number of hydrogen-bond donors (Lipinski definition) is 1. The Kier molecular flexibility index (Phi) is 4.59. The Morgan fingerprint density at radius 2 is 2.17 bits per heavy atom. The molecule has 1 aromatic rings. The molecule has 0 radical (unpaired) electrons. The molecule has 1 aromatic carbocycles. The van der Waals surface area contributed by atoms with Gasteiger partial charge in [-0.15, -0.1) is 0 Å². The summed E-state index contributed by atoms with van der Waals surface area (Å²) in [6.07, 6.45) is 0.912. The Hall–Kier alpha value is -1.55. The van der Waals surface area contributed by atoms with Gasteiger partial charge < -0.3 is 15.0 Å². The van der Waals surface area contributed by atoms with Crippen molar-refractivity contribution in [3.63, 3.8) is 0 Å². The fraction of sp³-hybridized carbons (Fsp3) is 0.500. The van der Waals surface area contributed by atoms with Crippen LogP contribution < -0.4 is 5.32 Å². The number of carbonyl (C=O) groups excluding carboxylic acids is 1. The average Bonchev–Trinajstić information content (AvgIpc) is 2.68. The van der Waals surface area contributed by atoms with Gasteiger partial charge in [0.2, 0.25) is 0 Å². The standard InChI is InChI=1S/C14H20N2O2/c1-2-15-13-7-4-3-6-12(13)14(17)16-8-5-10-18-11-9-16/h3-4,6-7,15H,2,5,8-11H2,1H3. The second-order valence-corrected chi connectivity index (χ2v) is 4.33. The molecule has 0 spiro atoms. The first-order valence-corrected chi connectivity index (χ1v) is 6.53. The molecule has 1 aliphatic heterocycles. The molecule has 0 aromatic heterocycles. The van der Waals surface area contributed by atoms with E-state index >= 15 is 0 Å². The van der Waals surface area contributed by atoms with Crippen LogP contribution in [0.4, 0.5) is 5.69 Å². The van der Waals surface area contributed by atoms with E-state index in [0.29, 0.717) is 13.2 Å². The van der Waals surface area contributed by atoms with Crippen molar-refractivity contribution in [3.05, 3.63) is 29.8 Å². The smallest absolute Gasteiger partial charge is 0.256 e. The minimum atomic E-state index is 0.0945. The Bertz CT molecular complexity index is 399. The minimum Gasteiger partial charge on any atom is -0.385 e. The van der Waals surface area contributed by atoms with Crippen molar-refractivity contribution in [1.29, 1.82) is 0 Å². The molecule has 2 rings (SSSR count). The van der Waals surface area contributed by atoms with E-state index in [1.54, 1.807) is 0 Å². The van der Waals surface area contributed by atoms with E-state index < -0.39 is 0 Å². The molecule has 18 heavy (non-hydrogen) atoms. The van der Waals surface area contributed by atoms with Crippen LogP contribution >= 0.6 is 0 Å². The maximum Gasteiger partial charge on any atom is 0.256 e. The zero-order valence-corrected chi connectivity index (χ0v) is 10.8. The Labute approximate surface area is 108 Å².